The minimum absolute atomic E-state index is 0.152. The summed E-state index contributed by atoms with van der Waals surface area (Å²) >= 11 is 0. The zero-order valence-electron chi connectivity index (χ0n) is 20.9. The summed E-state index contributed by atoms with van der Waals surface area (Å²) in [6.45, 7) is 3.10. The molecule has 1 amide bonds. The fourth-order valence-corrected chi connectivity index (χ4v) is 3.88. The number of ether oxygens (including phenoxy) is 3. The maximum Gasteiger partial charge on any atom is 0.408 e. The molecule has 9 nitrogen and oxygen atoms in total. The molecule has 0 spiro atoms. The summed E-state index contributed by atoms with van der Waals surface area (Å²) in [6, 6.07) is 16.1. The number of rotatable bonds is 14. The van der Waals surface area contributed by atoms with Crippen molar-refractivity contribution >= 4 is 12.1 Å². The van der Waals surface area contributed by atoms with Gasteiger partial charge in [-0.05, 0) is 42.7 Å². The Morgan fingerprint density at radius 1 is 1.14 bits per heavy atom. The molecule has 3 unspecified atom stereocenters. The summed E-state index contributed by atoms with van der Waals surface area (Å²) in [7, 11) is 1.60. The largest absolute Gasteiger partial charge is 0.497 e. The summed E-state index contributed by atoms with van der Waals surface area (Å²) in [4.78, 5) is 30.4. The normalized spacial score (nSPS) is 16.8. The van der Waals surface area contributed by atoms with Crippen molar-refractivity contribution < 1.29 is 33.7 Å². The number of carbonyl (C=O) groups is 2. The number of benzene rings is 2. The number of cyclic esters (lactones) is 1. The Kier molecular flexibility index (Phi) is 10.8. The van der Waals surface area contributed by atoms with Crippen molar-refractivity contribution in [1.82, 2.24) is 10.4 Å². The van der Waals surface area contributed by atoms with Crippen LogP contribution in [0.3, 0.4) is 0 Å². The van der Waals surface area contributed by atoms with Crippen molar-refractivity contribution in [3.8, 4) is 11.5 Å². The minimum Gasteiger partial charge on any atom is -0.497 e. The highest BCUT2D eigenvalue weighted by atomic mass is 16.7. The number of methoxy groups -OCH3 is 1. The van der Waals surface area contributed by atoms with Crippen LogP contribution in [0.2, 0.25) is 0 Å². The van der Waals surface area contributed by atoms with Gasteiger partial charge >= 0.3 is 12.1 Å². The average Bonchev–Trinajstić information content (AvgIpc) is 3.28. The number of hydrogen-bond acceptors (Lipinski definition) is 8. The van der Waals surface area contributed by atoms with Crippen molar-refractivity contribution in [2.75, 3.05) is 26.8 Å². The van der Waals surface area contributed by atoms with Crippen LogP contribution < -0.4 is 14.9 Å². The SMILES string of the molecule is CCCCCN(CC(O)C(Cc1ccccc1)NC(=O)OC1CCOC1=O)Oc1ccc(OC)cc1. The molecule has 1 saturated heterocycles. The molecule has 2 aromatic rings. The molecule has 3 atom stereocenters. The number of aliphatic hydroxyl groups excluding tert-OH is 1. The lowest BCUT2D eigenvalue weighted by atomic mass is 10.0. The monoisotopic (exact) mass is 500 g/mol. The number of nitrogens with one attached hydrogen (secondary N) is 1. The van der Waals surface area contributed by atoms with Gasteiger partial charge in [-0.3, -0.25) is 0 Å². The summed E-state index contributed by atoms with van der Waals surface area (Å²) < 4.78 is 15.3. The Labute approximate surface area is 212 Å². The van der Waals surface area contributed by atoms with Gasteiger partial charge in [0.25, 0.3) is 0 Å². The molecular formula is C27H36N2O7. The predicted octanol–water partition coefficient (Wildman–Crippen LogP) is 3.50. The Morgan fingerprint density at radius 2 is 1.86 bits per heavy atom. The van der Waals surface area contributed by atoms with E-state index < -0.39 is 30.3 Å². The molecule has 9 heteroatoms. The fraction of sp³-hybridized carbons (Fsp3) is 0.481. The minimum atomic E-state index is -0.979. The topological polar surface area (TPSA) is 107 Å². The Balaban J connectivity index is 1.69. The molecule has 1 aliphatic heterocycles. The summed E-state index contributed by atoms with van der Waals surface area (Å²) in [6.07, 6.45) is 0.975. The van der Waals surface area contributed by atoms with Crippen LogP contribution in [-0.2, 0) is 20.7 Å². The average molecular weight is 501 g/mol. The second-order valence-corrected chi connectivity index (χ2v) is 8.72. The molecule has 0 saturated carbocycles. The molecule has 0 aliphatic carbocycles. The van der Waals surface area contributed by atoms with E-state index in [1.54, 1.807) is 36.4 Å². The van der Waals surface area contributed by atoms with Crippen molar-refractivity contribution in [2.45, 2.75) is 57.3 Å². The van der Waals surface area contributed by atoms with Gasteiger partial charge in [0, 0.05) is 13.0 Å². The maximum absolute atomic E-state index is 12.6. The van der Waals surface area contributed by atoms with Gasteiger partial charge < -0.3 is 29.5 Å². The van der Waals surface area contributed by atoms with E-state index >= 15 is 0 Å². The van der Waals surface area contributed by atoms with E-state index in [1.807, 2.05) is 30.3 Å². The third-order valence-corrected chi connectivity index (χ3v) is 5.90. The Hall–Kier alpha value is -3.30. The molecule has 3 rings (SSSR count). The molecule has 1 fully saturated rings. The van der Waals surface area contributed by atoms with Crippen molar-refractivity contribution in [2.24, 2.45) is 0 Å². The number of hydroxylamine groups is 2. The second kappa shape index (κ2) is 14.3. The highest BCUT2D eigenvalue weighted by Crippen LogP contribution is 2.19. The van der Waals surface area contributed by atoms with Crippen molar-refractivity contribution in [1.29, 1.82) is 0 Å². The molecule has 196 valence electrons. The zero-order chi connectivity index (χ0) is 25.8. The Morgan fingerprint density at radius 3 is 2.50 bits per heavy atom. The van der Waals surface area contributed by atoms with Crippen LogP contribution in [0, 0.1) is 0 Å². The first-order chi connectivity index (χ1) is 17.5. The maximum atomic E-state index is 12.6. The number of alkyl carbamates (subject to hydrolysis) is 1. The van der Waals surface area contributed by atoms with E-state index in [4.69, 9.17) is 19.0 Å². The third kappa shape index (κ3) is 8.73. The van der Waals surface area contributed by atoms with Gasteiger partial charge in [-0.25, -0.2) is 9.59 Å². The molecular weight excluding hydrogens is 464 g/mol. The first-order valence-corrected chi connectivity index (χ1v) is 12.4. The van der Waals surface area contributed by atoms with Crippen LogP contribution in [0.15, 0.2) is 54.6 Å². The van der Waals surface area contributed by atoms with Gasteiger partial charge in [-0.1, -0.05) is 50.1 Å². The molecule has 2 N–H and O–H groups in total. The molecule has 1 aliphatic rings. The van der Waals surface area contributed by atoms with Crippen LogP contribution >= 0.6 is 0 Å². The summed E-state index contributed by atoms with van der Waals surface area (Å²) in [5.74, 6) is 0.781. The molecule has 0 radical (unpaired) electrons. The van der Waals surface area contributed by atoms with E-state index in [0.717, 1.165) is 30.6 Å². The van der Waals surface area contributed by atoms with E-state index in [-0.39, 0.29) is 13.2 Å². The van der Waals surface area contributed by atoms with Gasteiger partial charge in [-0.2, -0.15) is 0 Å². The molecule has 0 aromatic heterocycles. The standard InChI is InChI=1S/C27H36N2O7/c1-3-4-8-16-29(36-22-13-11-21(33-2)12-14-22)19-24(30)23(18-20-9-6-5-7-10-20)28-27(32)35-25-15-17-34-26(25)31/h5-7,9-14,23-25,30H,3-4,8,15-19H2,1-2H3,(H,28,32). The van der Waals surface area contributed by atoms with E-state index in [9.17, 15) is 14.7 Å². The van der Waals surface area contributed by atoms with Gasteiger partial charge in [0.15, 0.2) is 0 Å². The van der Waals surface area contributed by atoms with E-state index in [2.05, 4.69) is 12.2 Å². The highest BCUT2D eigenvalue weighted by Gasteiger charge is 2.32. The zero-order valence-corrected chi connectivity index (χ0v) is 20.9. The molecule has 2 aromatic carbocycles. The van der Waals surface area contributed by atoms with E-state index in [0.29, 0.717) is 25.1 Å². The second-order valence-electron chi connectivity index (χ2n) is 8.72. The lowest BCUT2D eigenvalue weighted by molar-refractivity contribution is -0.144. The van der Waals surface area contributed by atoms with Gasteiger partial charge in [0.1, 0.15) is 11.5 Å². The lowest BCUT2D eigenvalue weighted by Gasteiger charge is -2.30. The fourth-order valence-electron chi connectivity index (χ4n) is 3.88. The first-order valence-electron chi connectivity index (χ1n) is 12.4. The summed E-state index contributed by atoms with van der Waals surface area (Å²) in [5.41, 5.74) is 0.940. The number of aliphatic hydroxyl groups is 1. The van der Waals surface area contributed by atoms with Crippen LogP contribution in [0.4, 0.5) is 4.79 Å². The number of esters is 1. The van der Waals surface area contributed by atoms with Crippen molar-refractivity contribution in [3.63, 3.8) is 0 Å². The quantitative estimate of drug-likeness (QED) is 0.231. The van der Waals surface area contributed by atoms with Crippen molar-refractivity contribution in [3.05, 3.63) is 60.2 Å². The number of carbonyl (C=O) groups excluding carboxylic acids is 2. The number of hydrogen-bond donors (Lipinski definition) is 2. The Bertz CT molecular complexity index is 939. The van der Waals surface area contributed by atoms with Gasteiger partial charge in [0.2, 0.25) is 6.10 Å². The predicted molar refractivity (Wildman–Crippen MR) is 134 cm³/mol. The van der Waals surface area contributed by atoms with Crippen LogP contribution in [0.1, 0.15) is 38.2 Å². The first kappa shape index (κ1) is 27.3. The molecule has 36 heavy (non-hydrogen) atoms. The third-order valence-electron chi connectivity index (χ3n) is 5.90. The smallest absolute Gasteiger partial charge is 0.408 e. The van der Waals surface area contributed by atoms with Crippen LogP contribution in [-0.4, -0.2) is 67.3 Å². The summed E-state index contributed by atoms with van der Waals surface area (Å²) in [5, 5.41) is 15.7. The van der Waals surface area contributed by atoms with Gasteiger partial charge in [-0.15, -0.1) is 5.06 Å². The van der Waals surface area contributed by atoms with E-state index in [1.165, 1.54) is 0 Å². The number of nitrogens with zero attached hydrogens (tertiary/aromatic N) is 1. The van der Waals surface area contributed by atoms with Crippen LogP contribution in [0.5, 0.6) is 11.5 Å². The highest BCUT2D eigenvalue weighted by molar-refractivity contribution is 5.80. The molecule has 0 bridgehead atoms. The van der Waals surface area contributed by atoms with Crippen LogP contribution in [0.25, 0.3) is 0 Å². The number of unbranched alkanes of at least 4 members (excludes halogenated alkanes) is 2. The molecule has 1 heterocycles. The lowest BCUT2D eigenvalue weighted by Crippen LogP contribution is -2.51. The number of amides is 1. The van der Waals surface area contributed by atoms with Gasteiger partial charge in [0.05, 0.1) is 32.4 Å².